The van der Waals surface area contributed by atoms with Crippen LogP contribution < -0.4 is 9.03 Å². The molecule has 3 rings (SSSR count). The maximum Gasteiger partial charge on any atom is 0.262 e. The summed E-state index contributed by atoms with van der Waals surface area (Å²) < 4.78 is 54.7. The van der Waals surface area contributed by atoms with Crippen LogP contribution in [0, 0.1) is 13.8 Å². The second-order valence-electron chi connectivity index (χ2n) is 7.25. The first-order valence-corrected chi connectivity index (χ1v) is 12.4. The van der Waals surface area contributed by atoms with Gasteiger partial charge in [-0.15, -0.1) is 0 Å². The number of Topliss-reactive ketones (excluding diaryl/α,β-unsaturated/α-hetero) is 1. The molecular formula is C20H24N2O5S2. The summed E-state index contributed by atoms with van der Waals surface area (Å²) in [4.78, 5) is 11.7. The van der Waals surface area contributed by atoms with Gasteiger partial charge >= 0.3 is 0 Å². The molecule has 1 heterocycles. The summed E-state index contributed by atoms with van der Waals surface area (Å²) in [6.45, 7) is 5.10. The third kappa shape index (κ3) is 4.45. The number of ketones is 1. The number of anilines is 2. The smallest absolute Gasteiger partial charge is 0.262 e. The molecule has 156 valence electrons. The summed E-state index contributed by atoms with van der Waals surface area (Å²) in [6, 6.07) is 9.47. The van der Waals surface area contributed by atoms with E-state index in [1.165, 1.54) is 17.3 Å². The lowest BCUT2D eigenvalue weighted by Crippen LogP contribution is -2.38. The number of hydrogen-bond donors (Lipinski definition) is 1. The van der Waals surface area contributed by atoms with Crippen molar-refractivity contribution in [1.29, 1.82) is 0 Å². The average molecular weight is 437 g/mol. The number of carbonyl (C=O) groups is 1. The van der Waals surface area contributed by atoms with Gasteiger partial charge in [0.1, 0.15) is 0 Å². The Morgan fingerprint density at radius 3 is 2.31 bits per heavy atom. The van der Waals surface area contributed by atoms with E-state index in [-0.39, 0.29) is 16.4 Å². The van der Waals surface area contributed by atoms with Crippen molar-refractivity contribution in [1.82, 2.24) is 0 Å². The molecule has 1 saturated heterocycles. The first-order chi connectivity index (χ1) is 13.5. The van der Waals surface area contributed by atoms with Crippen LogP contribution in [0.5, 0.6) is 0 Å². The lowest BCUT2D eigenvalue weighted by molar-refractivity contribution is 0.101. The van der Waals surface area contributed by atoms with E-state index in [0.717, 1.165) is 6.42 Å². The van der Waals surface area contributed by atoms with Crippen LogP contribution in [0.4, 0.5) is 11.4 Å². The van der Waals surface area contributed by atoms with Gasteiger partial charge in [-0.3, -0.25) is 13.8 Å². The molecule has 0 radical (unpaired) electrons. The molecule has 0 atom stereocenters. The third-order valence-electron chi connectivity index (χ3n) is 4.87. The minimum Gasteiger partial charge on any atom is -0.295 e. The predicted molar refractivity (Wildman–Crippen MR) is 114 cm³/mol. The number of carbonyl (C=O) groups excluding carboxylic acids is 1. The van der Waals surface area contributed by atoms with Gasteiger partial charge in [0, 0.05) is 17.8 Å². The Hall–Kier alpha value is -2.39. The fourth-order valence-electron chi connectivity index (χ4n) is 3.58. The lowest BCUT2D eigenvalue weighted by Gasteiger charge is -2.29. The molecule has 0 spiro atoms. The van der Waals surface area contributed by atoms with Crippen molar-refractivity contribution in [2.24, 2.45) is 0 Å². The fourth-order valence-corrected chi connectivity index (χ4v) is 6.71. The molecule has 0 amide bonds. The van der Waals surface area contributed by atoms with Gasteiger partial charge in [0.2, 0.25) is 10.0 Å². The molecule has 0 aliphatic carbocycles. The molecule has 2 aromatic rings. The van der Waals surface area contributed by atoms with Crippen molar-refractivity contribution in [3.8, 4) is 0 Å². The van der Waals surface area contributed by atoms with E-state index in [9.17, 15) is 21.6 Å². The third-order valence-corrected chi connectivity index (χ3v) is 8.43. The largest absolute Gasteiger partial charge is 0.295 e. The normalized spacial score (nSPS) is 16.4. The summed E-state index contributed by atoms with van der Waals surface area (Å²) in [5, 5.41) is 0. The Morgan fingerprint density at radius 2 is 1.72 bits per heavy atom. The molecule has 29 heavy (non-hydrogen) atoms. The summed E-state index contributed by atoms with van der Waals surface area (Å²) in [6.07, 6.45) is 1.40. The van der Waals surface area contributed by atoms with E-state index in [4.69, 9.17) is 0 Å². The number of aryl methyl sites for hydroxylation is 2. The van der Waals surface area contributed by atoms with Gasteiger partial charge in [-0.2, -0.15) is 0 Å². The maximum absolute atomic E-state index is 13.0. The zero-order chi connectivity index (χ0) is 21.4. The average Bonchev–Trinajstić information content (AvgIpc) is 2.60. The van der Waals surface area contributed by atoms with Gasteiger partial charge in [-0.1, -0.05) is 12.1 Å². The SMILES string of the molecule is CC(=O)c1cccc(NS(=O)(=O)c2c(C)cc(N3CCCCS3(=O)=O)cc2C)c1. The highest BCUT2D eigenvalue weighted by molar-refractivity contribution is 7.93. The van der Waals surface area contributed by atoms with Gasteiger partial charge < -0.3 is 0 Å². The van der Waals surface area contributed by atoms with Crippen LogP contribution in [-0.4, -0.2) is 34.9 Å². The number of hydrogen-bond acceptors (Lipinski definition) is 5. The zero-order valence-electron chi connectivity index (χ0n) is 16.6. The highest BCUT2D eigenvalue weighted by Crippen LogP contribution is 2.31. The highest BCUT2D eigenvalue weighted by Gasteiger charge is 2.28. The molecule has 0 aromatic heterocycles. The van der Waals surface area contributed by atoms with Gasteiger partial charge in [0.15, 0.2) is 5.78 Å². The summed E-state index contributed by atoms with van der Waals surface area (Å²) >= 11 is 0. The van der Waals surface area contributed by atoms with Crippen molar-refractivity contribution >= 4 is 37.2 Å². The molecule has 0 saturated carbocycles. The van der Waals surface area contributed by atoms with Gasteiger partial charge in [0.05, 0.1) is 16.3 Å². The quantitative estimate of drug-likeness (QED) is 0.725. The number of nitrogens with one attached hydrogen (secondary N) is 1. The second kappa shape index (κ2) is 7.79. The number of benzene rings is 2. The molecular weight excluding hydrogens is 412 g/mol. The van der Waals surface area contributed by atoms with Gasteiger partial charge in [-0.25, -0.2) is 16.8 Å². The van der Waals surface area contributed by atoms with E-state index in [2.05, 4.69) is 4.72 Å². The lowest BCUT2D eigenvalue weighted by atomic mass is 10.1. The van der Waals surface area contributed by atoms with Crippen molar-refractivity contribution < 1.29 is 21.6 Å². The monoisotopic (exact) mass is 436 g/mol. The topological polar surface area (TPSA) is 101 Å². The molecule has 1 aliphatic rings. The molecule has 0 bridgehead atoms. The molecule has 1 N–H and O–H groups in total. The van der Waals surface area contributed by atoms with E-state index in [1.807, 2.05) is 0 Å². The zero-order valence-corrected chi connectivity index (χ0v) is 18.2. The number of rotatable bonds is 5. The van der Waals surface area contributed by atoms with Crippen molar-refractivity contribution in [2.75, 3.05) is 21.3 Å². The van der Waals surface area contributed by atoms with E-state index in [1.54, 1.807) is 44.2 Å². The molecule has 9 heteroatoms. The van der Waals surface area contributed by atoms with Crippen molar-refractivity contribution in [3.05, 3.63) is 53.1 Å². The van der Waals surface area contributed by atoms with Crippen LogP contribution in [0.1, 0.15) is 41.3 Å². The molecule has 1 fully saturated rings. The molecule has 0 unspecified atom stereocenters. The van der Waals surface area contributed by atoms with Crippen LogP contribution in [0.3, 0.4) is 0 Å². The number of sulfonamides is 2. The highest BCUT2D eigenvalue weighted by atomic mass is 32.2. The first kappa shape index (κ1) is 21.3. The van der Waals surface area contributed by atoms with Gasteiger partial charge in [0.25, 0.3) is 10.0 Å². The van der Waals surface area contributed by atoms with Crippen LogP contribution in [-0.2, 0) is 20.0 Å². The molecule has 2 aromatic carbocycles. The van der Waals surface area contributed by atoms with E-state index in [0.29, 0.717) is 41.0 Å². The summed E-state index contributed by atoms with van der Waals surface area (Å²) in [5.74, 6) is -0.0652. The van der Waals surface area contributed by atoms with E-state index >= 15 is 0 Å². The predicted octanol–water partition coefficient (Wildman–Crippen LogP) is 3.24. The minimum absolute atomic E-state index is 0.0964. The Labute approximate surface area is 171 Å². The van der Waals surface area contributed by atoms with Crippen LogP contribution in [0.15, 0.2) is 41.3 Å². The first-order valence-electron chi connectivity index (χ1n) is 9.27. The Kier molecular flexibility index (Phi) is 5.73. The standard InChI is InChI=1S/C20H24N2O5S2/c1-14-11-19(22-9-4-5-10-28(22,24)25)12-15(2)20(14)29(26,27)21-18-8-6-7-17(13-18)16(3)23/h6-8,11-13,21H,4-5,9-10H2,1-3H3. The number of nitrogens with zero attached hydrogens (tertiary/aromatic N) is 1. The summed E-state index contributed by atoms with van der Waals surface area (Å²) in [7, 11) is -7.31. The van der Waals surface area contributed by atoms with Crippen LogP contribution in [0.25, 0.3) is 0 Å². The second-order valence-corrected chi connectivity index (χ2v) is 10.9. The van der Waals surface area contributed by atoms with Crippen molar-refractivity contribution in [2.45, 2.75) is 38.5 Å². The maximum atomic E-state index is 13.0. The minimum atomic E-state index is -3.92. The Bertz CT molecular complexity index is 1150. The van der Waals surface area contributed by atoms with Crippen molar-refractivity contribution in [3.63, 3.8) is 0 Å². The molecule has 1 aliphatic heterocycles. The van der Waals surface area contributed by atoms with Gasteiger partial charge in [-0.05, 0) is 69.0 Å². The summed E-state index contributed by atoms with van der Waals surface area (Å²) in [5.41, 5.74) is 2.09. The van der Waals surface area contributed by atoms with E-state index < -0.39 is 20.0 Å². The fraction of sp³-hybridized carbons (Fsp3) is 0.350. The molecule has 7 nitrogen and oxygen atoms in total. The van der Waals surface area contributed by atoms with Crippen LogP contribution >= 0.6 is 0 Å². The van der Waals surface area contributed by atoms with Crippen LogP contribution in [0.2, 0.25) is 0 Å². The Morgan fingerprint density at radius 1 is 1.07 bits per heavy atom. The Balaban J connectivity index is 1.98.